The molecule has 1 aromatic carbocycles. The molecule has 0 fully saturated rings. The lowest BCUT2D eigenvalue weighted by Crippen LogP contribution is -2.20. The predicted octanol–water partition coefficient (Wildman–Crippen LogP) is 2.64. The number of benzene rings is 1. The van der Waals surface area contributed by atoms with Crippen molar-refractivity contribution in [3.8, 4) is 5.75 Å². The Bertz CT molecular complexity index is 471. The van der Waals surface area contributed by atoms with Gasteiger partial charge in [-0.1, -0.05) is 0 Å². The van der Waals surface area contributed by atoms with Crippen molar-refractivity contribution in [3.63, 3.8) is 0 Å². The number of carbonyl (C=O) groups is 1. The monoisotopic (exact) mass is 286 g/mol. The molecule has 0 aromatic heterocycles. The van der Waals surface area contributed by atoms with Gasteiger partial charge in [0.1, 0.15) is 5.75 Å². The number of aliphatic carboxylic acids is 1. The lowest BCUT2D eigenvalue weighted by molar-refractivity contribution is -0.275. The molecule has 0 heterocycles. The second kappa shape index (κ2) is 5.39. The molecular formula is C10H7F5O4. The summed E-state index contributed by atoms with van der Waals surface area (Å²) in [7, 11) is 0. The van der Waals surface area contributed by atoms with Gasteiger partial charge in [-0.25, -0.2) is 13.6 Å². The van der Waals surface area contributed by atoms with Crippen LogP contribution in [0.3, 0.4) is 0 Å². The highest BCUT2D eigenvalue weighted by atomic mass is 19.4. The van der Waals surface area contributed by atoms with Crippen LogP contribution in [0.15, 0.2) is 18.2 Å². The van der Waals surface area contributed by atoms with E-state index in [9.17, 15) is 31.9 Å². The molecule has 0 bridgehead atoms. The first-order chi connectivity index (χ1) is 8.61. The third kappa shape index (κ3) is 4.05. The Morgan fingerprint density at radius 3 is 2.26 bits per heavy atom. The first-order valence-corrected chi connectivity index (χ1v) is 4.70. The molecule has 1 atom stereocenters. The largest absolute Gasteiger partial charge is 0.573 e. The Morgan fingerprint density at radius 1 is 1.26 bits per heavy atom. The molecule has 0 radical (unpaired) electrons. The summed E-state index contributed by atoms with van der Waals surface area (Å²) in [5, 5.41) is 17.7. The SMILES string of the molecule is O=C(O)C(O)c1cc(C(F)F)ccc1OC(F)(F)F. The average Bonchev–Trinajstić information content (AvgIpc) is 2.26. The highest BCUT2D eigenvalue weighted by Gasteiger charge is 2.34. The van der Waals surface area contributed by atoms with Crippen molar-refractivity contribution >= 4 is 5.97 Å². The summed E-state index contributed by atoms with van der Waals surface area (Å²) in [6.07, 6.45) is -10.6. The van der Waals surface area contributed by atoms with Gasteiger partial charge < -0.3 is 14.9 Å². The summed E-state index contributed by atoms with van der Waals surface area (Å²) >= 11 is 0. The van der Waals surface area contributed by atoms with Gasteiger partial charge in [-0.15, -0.1) is 13.2 Å². The molecule has 0 aliphatic heterocycles. The zero-order valence-electron chi connectivity index (χ0n) is 8.99. The molecule has 4 nitrogen and oxygen atoms in total. The minimum Gasteiger partial charge on any atom is -0.479 e. The molecule has 1 rings (SSSR count). The molecule has 0 aliphatic carbocycles. The second-order valence-corrected chi connectivity index (χ2v) is 3.39. The van der Waals surface area contributed by atoms with Gasteiger partial charge in [0.25, 0.3) is 6.43 Å². The van der Waals surface area contributed by atoms with Crippen LogP contribution in [0.4, 0.5) is 22.0 Å². The van der Waals surface area contributed by atoms with E-state index in [-0.39, 0.29) is 0 Å². The van der Waals surface area contributed by atoms with Crippen molar-refractivity contribution in [2.24, 2.45) is 0 Å². The molecule has 106 valence electrons. The fraction of sp³-hybridized carbons (Fsp3) is 0.300. The zero-order chi connectivity index (χ0) is 14.8. The minimum absolute atomic E-state index is 0.449. The summed E-state index contributed by atoms with van der Waals surface area (Å²) in [6.45, 7) is 0. The van der Waals surface area contributed by atoms with Crippen molar-refractivity contribution in [1.82, 2.24) is 0 Å². The fourth-order valence-electron chi connectivity index (χ4n) is 1.27. The van der Waals surface area contributed by atoms with Crippen LogP contribution < -0.4 is 4.74 Å². The molecule has 9 heteroatoms. The maximum absolute atomic E-state index is 12.4. The van der Waals surface area contributed by atoms with Crippen LogP contribution in [0.2, 0.25) is 0 Å². The Hall–Kier alpha value is -1.90. The van der Waals surface area contributed by atoms with Gasteiger partial charge in [0.2, 0.25) is 0 Å². The van der Waals surface area contributed by atoms with Crippen LogP contribution in [0.5, 0.6) is 5.75 Å². The summed E-state index contributed by atoms with van der Waals surface area (Å²) < 4.78 is 64.4. The molecule has 0 amide bonds. The lowest BCUT2D eigenvalue weighted by atomic mass is 10.0. The van der Waals surface area contributed by atoms with Crippen molar-refractivity contribution in [1.29, 1.82) is 0 Å². The number of rotatable bonds is 4. The summed E-state index contributed by atoms with van der Waals surface area (Å²) in [5.74, 6) is -2.94. The van der Waals surface area contributed by atoms with Crippen LogP contribution in [-0.2, 0) is 4.79 Å². The molecule has 19 heavy (non-hydrogen) atoms. The smallest absolute Gasteiger partial charge is 0.479 e. The van der Waals surface area contributed by atoms with Gasteiger partial charge in [0.15, 0.2) is 6.10 Å². The van der Waals surface area contributed by atoms with E-state index < -0.39 is 41.7 Å². The molecule has 1 unspecified atom stereocenters. The molecule has 2 N–H and O–H groups in total. The maximum atomic E-state index is 12.4. The Kier molecular flexibility index (Phi) is 4.30. The van der Waals surface area contributed by atoms with Crippen molar-refractivity contribution in [2.75, 3.05) is 0 Å². The number of hydrogen-bond acceptors (Lipinski definition) is 3. The predicted molar refractivity (Wildman–Crippen MR) is 50.7 cm³/mol. The van der Waals surface area contributed by atoms with Gasteiger partial charge in [0.05, 0.1) is 0 Å². The highest BCUT2D eigenvalue weighted by molar-refractivity contribution is 5.75. The first kappa shape index (κ1) is 15.2. The van der Waals surface area contributed by atoms with E-state index in [0.29, 0.717) is 18.2 Å². The molecule has 1 aromatic rings. The van der Waals surface area contributed by atoms with Gasteiger partial charge >= 0.3 is 12.3 Å². The highest BCUT2D eigenvalue weighted by Crippen LogP contribution is 2.33. The molecule has 0 aliphatic rings. The normalized spacial score (nSPS) is 13.4. The number of halogens is 5. The van der Waals surface area contributed by atoms with Gasteiger partial charge in [0, 0.05) is 11.1 Å². The lowest BCUT2D eigenvalue weighted by Gasteiger charge is -2.16. The standard InChI is InChI=1S/C10H7F5O4/c11-8(12)4-1-2-6(19-10(13,14)15)5(3-4)7(16)9(17)18/h1-3,7-8,16H,(H,17,18). The topological polar surface area (TPSA) is 66.8 Å². The number of ether oxygens (including phenoxy) is 1. The fourth-order valence-corrected chi connectivity index (χ4v) is 1.27. The quantitative estimate of drug-likeness (QED) is 0.835. The third-order valence-electron chi connectivity index (χ3n) is 2.04. The molecule has 0 spiro atoms. The third-order valence-corrected chi connectivity index (χ3v) is 2.04. The Labute approximate surface area is 103 Å². The minimum atomic E-state index is -5.14. The van der Waals surface area contributed by atoms with Gasteiger partial charge in [-0.05, 0) is 18.2 Å². The van der Waals surface area contributed by atoms with Gasteiger partial charge in [-0.3, -0.25) is 0 Å². The van der Waals surface area contributed by atoms with Crippen molar-refractivity contribution < 1.29 is 41.7 Å². The van der Waals surface area contributed by atoms with Crippen molar-refractivity contribution in [3.05, 3.63) is 29.3 Å². The van der Waals surface area contributed by atoms with E-state index in [1.165, 1.54) is 0 Å². The summed E-state index contributed by atoms with van der Waals surface area (Å²) in [6, 6.07) is 1.62. The van der Waals surface area contributed by atoms with Crippen molar-refractivity contribution in [2.45, 2.75) is 18.9 Å². The van der Waals surface area contributed by atoms with Gasteiger partial charge in [-0.2, -0.15) is 0 Å². The number of hydrogen-bond donors (Lipinski definition) is 2. The number of aliphatic hydroxyl groups excluding tert-OH is 1. The van der Waals surface area contributed by atoms with E-state index >= 15 is 0 Å². The van der Waals surface area contributed by atoms with Crippen LogP contribution in [0.25, 0.3) is 0 Å². The number of carboxylic acid groups (broad SMARTS) is 1. The Balaban J connectivity index is 3.26. The number of aliphatic hydroxyl groups is 1. The summed E-state index contributed by atoms with van der Waals surface area (Å²) in [4.78, 5) is 10.5. The van der Waals surface area contributed by atoms with E-state index in [2.05, 4.69) is 4.74 Å². The van der Waals surface area contributed by atoms with Crippen LogP contribution >= 0.6 is 0 Å². The average molecular weight is 286 g/mol. The van der Waals surface area contributed by atoms with E-state index in [4.69, 9.17) is 5.11 Å². The summed E-state index contributed by atoms with van der Waals surface area (Å²) in [5.41, 5.74) is -1.63. The number of carboxylic acids is 1. The maximum Gasteiger partial charge on any atom is 0.573 e. The van der Waals surface area contributed by atoms with Crippen LogP contribution in [0.1, 0.15) is 23.7 Å². The zero-order valence-corrected chi connectivity index (χ0v) is 8.99. The molecule has 0 saturated carbocycles. The molecular weight excluding hydrogens is 279 g/mol. The van der Waals surface area contributed by atoms with E-state index in [1.54, 1.807) is 0 Å². The Morgan fingerprint density at radius 2 is 1.84 bits per heavy atom. The number of alkyl halides is 5. The van der Waals surface area contributed by atoms with Crippen LogP contribution in [0, 0.1) is 0 Å². The van der Waals surface area contributed by atoms with E-state index in [0.717, 1.165) is 0 Å². The van der Waals surface area contributed by atoms with Crippen LogP contribution in [-0.4, -0.2) is 22.5 Å². The second-order valence-electron chi connectivity index (χ2n) is 3.39. The van der Waals surface area contributed by atoms with E-state index in [1.807, 2.05) is 0 Å². The molecule has 0 saturated heterocycles. The first-order valence-electron chi connectivity index (χ1n) is 4.70.